The standard InChI is InChI=1S/C11H20N4O/c1-8(2)16-6-5-13-10-7-9(3)14-11(12-4)15-10/h7-8H,5-6H2,1-4H3,(H2,12,13,14,15). The zero-order valence-corrected chi connectivity index (χ0v) is 10.4. The van der Waals surface area contributed by atoms with Crippen molar-refractivity contribution >= 4 is 11.8 Å². The molecule has 5 nitrogen and oxygen atoms in total. The molecule has 0 spiro atoms. The van der Waals surface area contributed by atoms with Gasteiger partial charge in [-0.1, -0.05) is 0 Å². The molecule has 5 heteroatoms. The normalized spacial score (nSPS) is 10.6. The summed E-state index contributed by atoms with van der Waals surface area (Å²) in [6, 6.07) is 1.91. The molecule has 0 aliphatic carbocycles. The van der Waals surface area contributed by atoms with Crippen LogP contribution in [0, 0.1) is 6.92 Å². The summed E-state index contributed by atoms with van der Waals surface area (Å²) < 4.78 is 5.43. The minimum absolute atomic E-state index is 0.266. The van der Waals surface area contributed by atoms with E-state index in [1.807, 2.05) is 26.8 Å². The molecule has 1 rings (SSSR count). The van der Waals surface area contributed by atoms with Crippen molar-refractivity contribution in [3.8, 4) is 0 Å². The Kier molecular flexibility index (Phi) is 4.98. The van der Waals surface area contributed by atoms with E-state index in [-0.39, 0.29) is 6.10 Å². The van der Waals surface area contributed by atoms with Crippen LogP contribution in [0.15, 0.2) is 6.07 Å². The summed E-state index contributed by atoms with van der Waals surface area (Å²) in [4.78, 5) is 8.50. The van der Waals surface area contributed by atoms with Gasteiger partial charge in [0.25, 0.3) is 0 Å². The Bertz CT molecular complexity index is 328. The smallest absolute Gasteiger partial charge is 0.224 e. The lowest BCUT2D eigenvalue weighted by molar-refractivity contribution is 0.0870. The molecule has 2 N–H and O–H groups in total. The quantitative estimate of drug-likeness (QED) is 0.720. The molecule has 0 bridgehead atoms. The first kappa shape index (κ1) is 12.7. The largest absolute Gasteiger partial charge is 0.377 e. The average Bonchev–Trinajstić information content (AvgIpc) is 2.23. The van der Waals surface area contributed by atoms with Crippen LogP contribution in [-0.4, -0.2) is 36.3 Å². The van der Waals surface area contributed by atoms with Crippen LogP contribution in [0.4, 0.5) is 11.8 Å². The molecule has 90 valence electrons. The topological polar surface area (TPSA) is 59.1 Å². The highest BCUT2D eigenvalue weighted by molar-refractivity contribution is 5.41. The fourth-order valence-electron chi connectivity index (χ4n) is 1.24. The van der Waals surface area contributed by atoms with Crippen molar-refractivity contribution in [3.63, 3.8) is 0 Å². The molecule has 0 atom stereocenters. The molecular formula is C11H20N4O. The van der Waals surface area contributed by atoms with Gasteiger partial charge >= 0.3 is 0 Å². The van der Waals surface area contributed by atoms with E-state index >= 15 is 0 Å². The molecule has 0 amide bonds. The highest BCUT2D eigenvalue weighted by atomic mass is 16.5. The molecule has 0 saturated carbocycles. The fraction of sp³-hybridized carbons (Fsp3) is 0.636. The van der Waals surface area contributed by atoms with Crippen molar-refractivity contribution in [3.05, 3.63) is 11.8 Å². The maximum absolute atomic E-state index is 5.43. The second-order valence-corrected chi connectivity index (χ2v) is 3.81. The number of ether oxygens (including phenoxy) is 1. The van der Waals surface area contributed by atoms with Gasteiger partial charge in [0.2, 0.25) is 5.95 Å². The summed E-state index contributed by atoms with van der Waals surface area (Å²) in [6.45, 7) is 7.41. The van der Waals surface area contributed by atoms with Crippen molar-refractivity contribution in [2.45, 2.75) is 26.9 Å². The maximum Gasteiger partial charge on any atom is 0.224 e. The van der Waals surface area contributed by atoms with Gasteiger partial charge in [-0.15, -0.1) is 0 Å². The molecule has 1 aromatic rings. The predicted molar refractivity (Wildman–Crippen MR) is 65.9 cm³/mol. The Morgan fingerprint density at radius 3 is 2.75 bits per heavy atom. The van der Waals surface area contributed by atoms with E-state index in [4.69, 9.17) is 4.74 Å². The third-order valence-corrected chi connectivity index (χ3v) is 1.94. The van der Waals surface area contributed by atoms with E-state index in [0.29, 0.717) is 12.6 Å². The summed E-state index contributed by atoms with van der Waals surface area (Å²) in [5.74, 6) is 1.46. The molecule has 1 aromatic heterocycles. The molecule has 0 saturated heterocycles. The van der Waals surface area contributed by atoms with Crippen LogP contribution < -0.4 is 10.6 Å². The number of aryl methyl sites for hydroxylation is 1. The van der Waals surface area contributed by atoms with Crippen molar-refractivity contribution in [2.24, 2.45) is 0 Å². The first-order valence-corrected chi connectivity index (χ1v) is 5.50. The first-order chi connectivity index (χ1) is 7.61. The average molecular weight is 224 g/mol. The summed E-state index contributed by atoms with van der Waals surface area (Å²) >= 11 is 0. The molecule has 0 aliphatic rings. The zero-order valence-electron chi connectivity index (χ0n) is 10.4. The van der Waals surface area contributed by atoms with Crippen molar-refractivity contribution in [2.75, 3.05) is 30.8 Å². The van der Waals surface area contributed by atoms with Gasteiger partial charge in [-0.05, 0) is 20.8 Å². The van der Waals surface area contributed by atoms with E-state index in [1.165, 1.54) is 0 Å². The van der Waals surface area contributed by atoms with Gasteiger partial charge in [-0.2, -0.15) is 4.98 Å². The Morgan fingerprint density at radius 1 is 1.38 bits per heavy atom. The van der Waals surface area contributed by atoms with Gasteiger partial charge < -0.3 is 15.4 Å². The monoisotopic (exact) mass is 224 g/mol. The number of nitrogens with zero attached hydrogens (tertiary/aromatic N) is 2. The second kappa shape index (κ2) is 6.27. The van der Waals surface area contributed by atoms with Crippen LogP contribution in [0.3, 0.4) is 0 Å². The SMILES string of the molecule is CNc1nc(C)cc(NCCOC(C)C)n1. The van der Waals surface area contributed by atoms with Gasteiger partial charge in [0.15, 0.2) is 0 Å². The lowest BCUT2D eigenvalue weighted by atomic mass is 10.4. The highest BCUT2D eigenvalue weighted by Crippen LogP contribution is 2.08. The summed E-state index contributed by atoms with van der Waals surface area (Å²) in [5.41, 5.74) is 0.937. The molecule has 0 aliphatic heterocycles. The minimum Gasteiger partial charge on any atom is -0.377 e. The Hall–Kier alpha value is -1.36. The van der Waals surface area contributed by atoms with E-state index < -0.39 is 0 Å². The molecular weight excluding hydrogens is 204 g/mol. The zero-order chi connectivity index (χ0) is 12.0. The molecule has 0 aromatic carbocycles. The van der Waals surface area contributed by atoms with Crippen molar-refractivity contribution in [1.82, 2.24) is 9.97 Å². The molecule has 1 heterocycles. The Balaban J connectivity index is 2.44. The van der Waals surface area contributed by atoms with Gasteiger partial charge in [0.05, 0.1) is 12.7 Å². The number of hydrogen-bond acceptors (Lipinski definition) is 5. The van der Waals surface area contributed by atoms with Crippen molar-refractivity contribution < 1.29 is 4.74 Å². The molecule has 0 fully saturated rings. The van der Waals surface area contributed by atoms with Crippen molar-refractivity contribution in [1.29, 1.82) is 0 Å². The third-order valence-electron chi connectivity index (χ3n) is 1.94. The minimum atomic E-state index is 0.266. The van der Waals surface area contributed by atoms with Crippen LogP contribution in [0.25, 0.3) is 0 Å². The molecule has 0 unspecified atom stereocenters. The van der Waals surface area contributed by atoms with Crippen LogP contribution in [0.2, 0.25) is 0 Å². The van der Waals surface area contributed by atoms with Crippen LogP contribution in [0.5, 0.6) is 0 Å². The fourth-order valence-corrected chi connectivity index (χ4v) is 1.24. The third kappa shape index (κ3) is 4.44. The number of nitrogens with one attached hydrogen (secondary N) is 2. The van der Waals surface area contributed by atoms with Crippen LogP contribution >= 0.6 is 0 Å². The lowest BCUT2D eigenvalue weighted by Crippen LogP contribution is -2.14. The van der Waals surface area contributed by atoms with Gasteiger partial charge in [0.1, 0.15) is 5.82 Å². The maximum atomic E-state index is 5.43. The highest BCUT2D eigenvalue weighted by Gasteiger charge is 2.00. The van der Waals surface area contributed by atoms with Gasteiger partial charge in [-0.25, -0.2) is 4.98 Å². The van der Waals surface area contributed by atoms with E-state index in [0.717, 1.165) is 18.1 Å². The van der Waals surface area contributed by atoms with Gasteiger partial charge in [-0.3, -0.25) is 0 Å². The second-order valence-electron chi connectivity index (χ2n) is 3.81. The number of aromatic nitrogens is 2. The molecule has 16 heavy (non-hydrogen) atoms. The summed E-state index contributed by atoms with van der Waals surface area (Å²) in [6.07, 6.45) is 0.266. The van der Waals surface area contributed by atoms with E-state index in [1.54, 1.807) is 7.05 Å². The summed E-state index contributed by atoms with van der Waals surface area (Å²) in [5, 5.41) is 6.12. The summed E-state index contributed by atoms with van der Waals surface area (Å²) in [7, 11) is 1.81. The van der Waals surface area contributed by atoms with E-state index in [9.17, 15) is 0 Å². The number of hydrogen-bond donors (Lipinski definition) is 2. The Morgan fingerprint density at radius 2 is 2.12 bits per heavy atom. The molecule has 0 radical (unpaired) electrons. The van der Waals surface area contributed by atoms with Crippen LogP contribution in [0.1, 0.15) is 19.5 Å². The predicted octanol–water partition coefficient (Wildman–Crippen LogP) is 1.66. The van der Waals surface area contributed by atoms with Gasteiger partial charge in [0, 0.05) is 25.4 Å². The number of anilines is 2. The van der Waals surface area contributed by atoms with E-state index in [2.05, 4.69) is 20.6 Å². The lowest BCUT2D eigenvalue weighted by Gasteiger charge is -2.10. The van der Waals surface area contributed by atoms with Crippen LogP contribution in [-0.2, 0) is 4.74 Å². The first-order valence-electron chi connectivity index (χ1n) is 5.50. The number of rotatable bonds is 6. The Labute approximate surface area is 96.6 Å².